The Kier molecular flexibility index (Phi) is 9.62. The number of fused-ring (bicyclic) bond motifs is 6. The van der Waals surface area contributed by atoms with E-state index >= 15 is 0 Å². The first-order valence-electron chi connectivity index (χ1n) is 14.8. The van der Waals surface area contributed by atoms with Crippen LogP contribution in [0.1, 0.15) is 11.1 Å². The van der Waals surface area contributed by atoms with Crippen molar-refractivity contribution in [3.63, 3.8) is 0 Å². The summed E-state index contributed by atoms with van der Waals surface area (Å²) >= 11 is 0. The molecule has 8 aromatic carbocycles. The van der Waals surface area contributed by atoms with Crippen LogP contribution >= 0.6 is 0 Å². The van der Waals surface area contributed by atoms with E-state index in [1.165, 1.54) is 53.5 Å². The Morgan fingerprint density at radius 1 is 0.409 bits per heavy atom. The zero-order valence-corrected chi connectivity index (χ0v) is 28.0. The molecule has 0 aliphatic carbocycles. The fourth-order valence-electron chi connectivity index (χ4n) is 6.15. The van der Waals surface area contributed by atoms with Crippen LogP contribution in [0.4, 0.5) is 0 Å². The van der Waals surface area contributed by atoms with E-state index in [-0.39, 0.29) is 21.7 Å². The van der Waals surface area contributed by atoms with Crippen LogP contribution in [0.15, 0.2) is 158 Å². The van der Waals surface area contributed by atoms with Crippen LogP contribution in [0.3, 0.4) is 0 Å². The first kappa shape index (κ1) is 31.2. The molecule has 8 rings (SSSR count). The van der Waals surface area contributed by atoms with Crippen molar-refractivity contribution in [3.05, 3.63) is 183 Å². The third-order valence-electron chi connectivity index (χ3n) is 8.35. The van der Waals surface area contributed by atoms with Gasteiger partial charge in [0.1, 0.15) is 0 Å². The average Bonchev–Trinajstić information content (AvgIpc) is 3.61. The molecule has 0 saturated heterocycles. The first-order valence-corrected chi connectivity index (χ1v) is 17.8. The SMILES string of the molecule is C[Si](C)(c1cccc2c1[cH-]c1ccccc12)c1cccc2c1[cH-]c1ccccc12.[CH2-]c1ccccc1.[CH2-]c1ccccc1.[Ti+4]. The second-order valence-corrected chi connectivity index (χ2v) is 15.9. The van der Waals surface area contributed by atoms with Crippen molar-refractivity contribution in [3.8, 4) is 0 Å². The van der Waals surface area contributed by atoms with Gasteiger partial charge in [-0.3, -0.25) is 0 Å². The van der Waals surface area contributed by atoms with Gasteiger partial charge in [0.25, 0.3) is 0 Å². The quantitative estimate of drug-likeness (QED) is 0.134. The summed E-state index contributed by atoms with van der Waals surface area (Å²) in [5.74, 6) is 0. The Morgan fingerprint density at radius 3 is 1.11 bits per heavy atom. The molecule has 2 heteroatoms. The summed E-state index contributed by atoms with van der Waals surface area (Å²) in [6, 6.07) is 55.9. The minimum atomic E-state index is -1.91. The molecule has 0 N–H and O–H groups in total. The van der Waals surface area contributed by atoms with Gasteiger partial charge in [-0.15, -0.1) is 102 Å². The third-order valence-corrected chi connectivity index (χ3v) is 11.9. The summed E-state index contributed by atoms with van der Waals surface area (Å²) in [6.45, 7) is 12.5. The van der Waals surface area contributed by atoms with E-state index < -0.39 is 8.07 Å². The monoisotopic (exact) mass is 616 g/mol. The molecule has 0 unspecified atom stereocenters. The van der Waals surface area contributed by atoms with Crippen LogP contribution in [0, 0.1) is 13.8 Å². The zero-order chi connectivity index (χ0) is 29.8. The van der Waals surface area contributed by atoms with Crippen molar-refractivity contribution >= 4 is 61.5 Å². The van der Waals surface area contributed by atoms with Crippen LogP contribution in [-0.4, -0.2) is 8.07 Å². The van der Waals surface area contributed by atoms with Gasteiger partial charge < -0.3 is 0 Å². The molecule has 44 heavy (non-hydrogen) atoms. The Balaban J connectivity index is 0.000000212. The van der Waals surface area contributed by atoms with Crippen LogP contribution in [0.25, 0.3) is 43.1 Å². The molecule has 8 aromatic rings. The molecule has 0 aliphatic heterocycles. The van der Waals surface area contributed by atoms with Gasteiger partial charge in [0.2, 0.25) is 0 Å². The average molecular weight is 617 g/mol. The van der Waals surface area contributed by atoms with Gasteiger partial charge in [0, 0.05) is 8.07 Å². The molecule has 0 radical (unpaired) electrons. The van der Waals surface area contributed by atoms with E-state index in [0.717, 1.165) is 11.1 Å². The summed E-state index contributed by atoms with van der Waals surface area (Å²) < 4.78 is 0. The van der Waals surface area contributed by atoms with E-state index in [0.29, 0.717) is 0 Å². The Morgan fingerprint density at radius 2 is 0.750 bits per heavy atom. The van der Waals surface area contributed by atoms with Gasteiger partial charge >= 0.3 is 21.7 Å². The molecule has 0 aromatic heterocycles. The minimum absolute atomic E-state index is 0. The van der Waals surface area contributed by atoms with Crippen molar-refractivity contribution in [2.24, 2.45) is 0 Å². The molecule has 0 nitrogen and oxygen atoms in total. The molecule has 212 valence electrons. The van der Waals surface area contributed by atoms with E-state index in [9.17, 15) is 0 Å². The first-order chi connectivity index (χ1) is 20.9. The molecule has 0 amide bonds. The fourth-order valence-corrected chi connectivity index (χ4v) is 9.23. The van der Waals surface area contributed by atoms with Gasteiger partial charge in [-0.1, -0.05) is 98.0 Å². The molecule has 0 atom stereocenters. The van der Waals surface area contributed by atoms with Gasteiger partial charge in [0.15, 0.2) is 0 Å². The summed E-state index contributed by atoms with van der Waals surface area (Å²) in [4.78, 5) is 0. The van der Waals surface area contributed by atoms with Crippen molar-refractivity contribution in [1.82, 2.24) is 0 Å². The van der Waals surface area contributed by atoms with Crippen LogP contribution in [0.2, 0.25) is 13.1 Å². The van der Waals surface area contributed by atoms with Gasteiger partial charge in [0.05, 0.1) is 0 Å². The maximum absolute atomic E-state index is 3.72. The van der Waals surface area contributed by atoms with E-state index in [1.54, 1.807) is 0 Å². The molecule has 0 fully saturated rings. The normalized spacial score (nSPS) is 11.0. The predicted molar refractivity (Wildman–Crippen MR) is 193 cm³/mol. The predicted octanol–water partition coefficient (Wildman–Crippen LogP) is 10.3. The van der Waals surface area contributed by atoms with Crippen molar-refractivity contribution in [2.75, 3.05) is 0 Å². The molecule has 0 bridgehead atoms. The van der Waals surface area contributed by atoms with Crippen LogP contribution < -0.4 is 10.4 Å². The van der Waals surface area contributed by atoms with E-state index in [1.807, 2.05) is 60.7 Å². The number of hydrogen-bond donors (Lipinski definition) is 0. The molecule has 0 heterocycles. The molecule has 0 spiro atoms. The number of benzene rings is 6. The van der Waals surface area contributed by atoms with Crippen molar-refractivity contribution in [2.45, 2.75) is 13.1 Å². The molecule has 0 aliphatic rings. The third kappa shape index (κ3) is 6.32. The zero-order valence-electron chi connectivity index (χ0n) is 25.4. The molecular weight excluding hydrogens is 580 g/mol. The molecular formula is C42H36SiTi. The maximum Gasteiger partial charge on any atom is 4.00 e. The standard InChI is InChI=1S/C28H22Si.2C7H7.Ti/c1-29(2,27-15-7-13-23-21-11-5-3-9-19(21)17-25(23)27)28-16-8-14-24-22-12-6-4-10-20(22)18-26(24)28;2*1-7-5-3-2-4-6-7;/h3-18H,1-2H3;2*2-6H,1H2;/q-2;2*-1;+4. The van der Waals surface area contributed by atoms with Gasteiger partial charge in [-0.2, -0.15) is 49.2 Å². The Labute approximate surface area is 277 Å². The topological polar surface area (TPSA) is 0 Å². The summed E-state index contributed by atoms with van der Waals surface area (Å²) in [6.07, 6.45) is 0. The number of rotatable bonds is 2. The number of hydrogen-bond acceptors (Lipinski definition) is 0. The Bertz CT molecular complexity index is 1960. The van der Waals surface area contributed by atoms with Crippen LogP contribution in [-0.2, 0) is 21.7 Å². The van der Waals surface area contributed by atoms with Gasteiger partial charge in [-0.05, 0) is 0 Å². The second kappa shape index (κ2) is 13.6. The minimum Gasteiger partial charge on any atom is -0.199 e. The smallest absolute Gasteiger partial charge is 0.199 e. The van der Waals surface area contributed by atoms with E-state index in [2.05, 4.69) is 124 Å². The van der Waals surface area contributed by atoms with Gasteiger partial charge in [-0.25, -0.2) is 0 Å². The summed E-state index contributed by atoms with van der Waals surface area (Å²) in [7, 11) is -1.91. The van der Waals surface area contributed by atoms with Crippen LogP contribution in [0.5, 0.6) is 0 Å². The fraction of sp³-hybridized carbons (Fsp3) is 0.0476. The molecule has 0 saturated carbocycles. The maximum atomic E-state index is 3.72. The van der Waals surface area contributed by atoms with Crippen molar-refractivity contribution in [1.29, 1.82) is 0 Å². The summed E-state index contributed by atoms with van der Waals surface area (Å²) in [5.41, 5.74) is 2.14. The van der Waals surface area contributed by atoms with E-state index in [4.69, 9.17) is 0 Å². The second-order valence-electron chi connectivity index (χ2n) is 11.6. The largest absolute Gasteiger partial charge is 4.00 e. The Hall–Kier alpha value is -4.27. The van der Waals surface area contributed by atoms with Crippen molar-refractivity contribution < 1.29 is 21.7 Å². The summed E-state index contributed by atoms with van der Waals surface area (Å²) in [5, 5.41) is 14.1.